The average Bonchev–Trinajstić information content (AvgIpc) is 2.38. The SMILES string of the molecule is COc1nccnc1-c1cc(Cl)ccc1CN. The average molecular weight is 250 g/mol. The highest BCUT2D eigenvalue weighted by Crippen LogP contribution is 2.30. The number of hydrogen-bond donors (Lipinski definition) is 1. The van der Waals surface area contributed by atoms with Gasteiger partial charge in [-0.15, -0.1) is 0 Å². The molecule has 0 amide bonds. The van der Waals surface area contributed by atoms with Crippen LogP contribution < -0.4 is 10.5 Å². The van der Waals surface area contributed by atoms with Gasteiger partial charge >= 0.3 is 0 Å². The summed E-state index contributed by atoms with van der Waals surface area (Å²) in [6.45, 7) is 0.409. The lowest BCUT2D eigenvalue weighted by Gasteiger charge is -2.10. The monoisotopic (exact) mass is 249 g/mol. The Morgan fingerprint density at radius 2 is 2.06 bits per heavy atom. The van der Waals surface area contributed by atoms with Gasteiger partial charge in [-0.1, -0.05) is 17.7 Å². The molecule has 0 saturated heterocycles. The zero-order valence-corrected chi connectivity index (χ0v) is 10.1. The maximum Gasteiger partial charge on any atom is 0.240 e. The van der Waals surface area contributed by atoms with Crippen molar-refractivity contribution in [3.05, 3.63) is 41.2 Å². The van der Waals surface area contributed by atoms with Crippen molar-refractivity contribution in [2.75, 3.05) is 7.11 Å². The molecule has 2 N–H and O–H groups in total. The molecule has 0 aliphatic carbocycles. The van der Waals surface area contributed by atoms with E-state index in [1.807, 2.05) is 12.1 Å². The number of rotatable bonds is 3. The summed E-state index contributed by atoms with van der Waals surface area (Å²) in [5.74, 6) is 0.462. The lowest BCUT2D eigenvalue weighted by atomic mass is 10.0. The van der Waals surface area contributed by atoms with Crippen LogP contribution in [0.4, 0.5) is 0 Å². The molecule has 0 fully saturated rings. The van der Waals surface area contributed by atoms with Crippen LogP contribution in [-0.4, -0.2) is 17.1 Å². The van der Waals surface area contributed by atoms with Crippen LogP contribution in [0.15, 0.2) is 30.6 Å². The third kappa shape index (κ3) is 2.38. The minimum absolute atomic E-state index is 0.409. The molecule has 17 heavy (non-hydrogen) atoms. The van der Waals surface area contributed by atoms with Gasteiger partial charge in [-0.3, -0.25) is 0 Å². The van der Waals surface area contributed by atoms with Crippen molar-refractivity contribution < 1.29 is 4.74 Å². The summed E-state index contributed by atoms with van der Waals surface area (Å²) < 4.78 is 5.18. The summed E-state index contributed by atoms with van der Waals surface area (Å²) >= 11 is 5.99. The van der Waals surface area contributed by atoms with Gasteiger partial charge in [0.05, 0.1) is 7.11 Å². The molecule has 0 radical (unpaired) electrons. The fourth-order valence-corrected chi connectivity index (χ4v) is 1.78. The van der Waals surface area contributed by atoms with Crippen molar-refractivity contribution in [3.8, 4) is 17.1 Å². The number of aromatic nitrogens is 2. The molecule has 0 spiro atoms. The van der Waals surface area contributed by atoms with Crippen LogP contribution in [0, 0.1) is 0 Å². The number of nitrogens with zero attached hydrogens (tertiary/aromatic N) is 2. The largest absolute Gasteiger partial charge is 0.479 e. The molecule has 0 aliphatic heterocycles. The standard InChI is InChI=1S/C12H12ClN3O/c1-17-12-11(15-4-5-16-12)10-6-9(13)3-2-8(10)7-14/h2-6H,7,14H2,1H3. The summed E-state index contributed by atoms with van der Waals surface area (Å²) in [6, 6.07) is 5.50. The second kappa shape index (κ2) is 5.12. The van der Waals surface area contributed by atoms with Crippen LogP contribution in [0.3, 0.4) is 0 Å². The smallest absolute Gasteiger partial charge is 0.240 e. The zero-order valence-electron chi connectivity index (χ0n) is 9.35. The van der Waals surface area contributed by atoms with E-state index in [2.05, 4.69) is 9.97 Å². The first-order valence-corrected chi connectivity index (χ1v) is 5.48. The van der Waals surface area contributed by atoms with Crippen molar-refractivity contribution in [1.29, 1.82) is 0 Å². The Morgan fingerprint density at radius 1 is 1.29 bits per heavy atom. The summed E-state index contributed by atoms with van der Waals surface area (Å²) in [4.78, 5) is 8.38. The number of halogens is 1. The van der Waals surface area contributed by atoms with Crippen LogP contribution in [-0.2, 0) is 6.54 Å². The predicted octanol–water partition coefficient (Wildman–Crippen LogP) is 2.26. The van der Waals surface area contributed by atoms with E-state index < -0.39 is 0 Å². The lowest BCUT2D eigenvalue weighted by Crippen LogP contribution is -2.01. The van der Waals surface area contributed by atoms with Crippen molar-refractivity contribution in [1.82, 2.24) is 9.97 Å². The van der Waals surface area contributed by atoms with Gasteiger partial charge in [0.1, 0.15) is 5.69 Å². The molecule has 2 rings (SSSR count). The molecule has 0 saturated carbocycles. The Morgan fingerprint density at radius 3 is 2.76 bits per heavy atom. The fourth-order valence-electron chi connectivity index (χ4n) is 1.61. The molecule has 88 valence electrons. The summed E-state index contributed by atoms with van der Waals surface area (Å²) in [5, 5.41) is 0.630. The van der Waals surface area contributed by atoms with Gasteiger partial charge in [-0.05, 0) is 17.7 Å². The molecule has 1 aromatic heterocycles. The Kier molecular flexibility index (Phi) is 3.56. The van der Waals surface area contributed by atoms with Gasteiger partial charge in [0.2, 0.25) is 5.88 Å². The third-order valence-electron chi connectivity index (χ3n) is 2.40. The molecule has 0 bridgehead atoms. The minimum atomic E-state index is 0.409. The molecule has 0 aliphatic rings. The topological polar surface area (TPSA) is 61.0 Å². The number of nitrogens with two attached hydrogens (primary N) is 1. The molecule has 1 heterocycles. The van der Waals surface area contributed by atoms with Gasteiger partial charge in [0.25, 0.3) is 0 Å². The normalized spacial score (nSPS) is 10.3. The highest BCUT2D eigenvalue weighted by Gasteiger charge is 2.12. The molecule has 0 unspecified atom stereocenters. The zero-order chi connectivity index (χ0) is 12.3. The van der Waals surface area contributed by atoms with Crippen LogP contribution >= 0.6 is 11.6 Å². The number of hydrogen-bond acceptors (Lipinski definition) is 4. The number of ether oxygens (including phenoxy) is 1. The first-order valence-electron chi connectivity index (χ1n) is 5.10. The maximum atomic E-state index is 5.99. The number of methoxy groups -OCH3 is 1. The molecule has 5 heteroatoms. The van der Waals surface area contributed by atoms with Gasteiger partial charge in [0.15, 0.2) is 0 Å². The Balaban J connectivity index is 2.62. The highest BCUT2D eigenvalue weighted by atomic mass is 35.5. The van der Waals surface area contributed by atoms with Gasteiger partial charge in [-0.25, -0.2) is 9.97 Å². The summed E-state index contributed by atoms with van der Waals surface area (Å²) in [5.41, 5.74) is 8.15. The molecule has 2 aromatic rings. The van der Waals surface area contributed by atoms with Crippen molar-refractivity contribution in [2.24, 2.45) is 5.73 Å². The molecule has 1 aromatic carbocycles. The van der Waals surface area contributed by atoms with E-state index >= 15 is 0 Å². The predicted molar refractivity (Wildman–Crippen MR) is 66.9 cm³/mol. The number of benzene rings is 1. The fraction of sp³-hybridized carbons (Fsp3) is 0.167. The molecule has 0 atom stereocenters. The first kappa shape index (κ1) is 11.8. The van der Waals surface area contributed by atoms with E-state index in [-0.39, 0.29) is 0 Å². The van der Waals surface area contributed by atoms with Crippen molar-refractivity contribution >= 4 is 11.6 Å². The van der Waals surface area contributed by atoms with Gasteiger partial charge in [0, 0.05) is 29.5 Å². The second-order valence-corrected chi connectivity index (χ2v) is 3.86. The summed E-state index contributed by atoms with van der Waals surface area (Å²) in [6.07, 6.45) is 3.19. The second-order valence-electron chi connectivity index (χ2n) is 3.42. The lowest BCUT2D eigenvalue weighted by molar-refractivity contribution is 0.397. The van der Waals surface area contributed by atoms with E-state index in [1.54, 1.807) is 25.6 Å². The van der Waals surface area contributed by atoms with Crippen LogP contribution in [0.2, 0.25) is 5.02 Å². The Bertz CT molecular complexity index is 531. The first-order chi connectivity index (χ1) is 8.26. The van der Waals surface area contributed by atoms with Crippen LogP contribution in [0.1, 0.15) is 5.56 Å². The van der Waals surface area contributed by atoms with Crippen molar-refractivity contribution in [3.63, 3.8) is 0 Å². The highest BCUT2D eigenvalue weighted by molar-refractivity contribution is 6.30. The van der Waals surface area contributed by atoms with E-state index in [9.17, 15) is 0 Å². The quantitative estimate of drug-likeness (QED) is 0.907. The summed E-state index contributed by atoms with van der Waals surface area (Å²) in [7, 11) is 1.56. The third-order valence-corrected chi connectivity index (χ3v) is 2.64. The van der Waals surface area contributed by atoms with Crippen LogP contribution in [0.5, 0.6) is 5.88 Å². The van der Waals surface area contributed by atoms with Crippen molar-refractivity contribution in [2.45, 2.75) is 6.54 Å². The molecule has 4 nitrogen and oxygen atoms in total. The minimum Gasteiger partial charge on any atom is -0.479 e. The van der Waals surface area contributed by atoms with E-state index in [0.717, 1.165) is 11.1 Å². The van der Waals surface area contributed by atoms with E-state index in [0.29, 0.717) is 23.1 Å². The van der Waals surface area contributed by atoms with Gasteiger partial charge in [-0.2, -0.15) is 0 Å². The molecular formula is C12H12ClN3O. The van der Waals surface area contributed by atoms with Gasteiger partial charge < -0.3 is 10.5 Å². The van der Waals surface area contributed by atoms with E-state index in [4.69, 9.17) is 22.1 Å². The van der Waals surface area contributed by atoms with Crippen LogP contribution in [0.25, 0.3) is 11.3 Å². The maximum absolute atomic E-state index is 5.99. The van der Waals surface area contributed by atoms with E-state index in [1.165, 1.54) is 0 Å². The molecular weight excluding hydrogens is 238 g/mol. The Hall–Kier alpha value is -1.65. The Labute approximate surface area is 104 Å².